The van der Waals surface area contributed by atoms with Gasteiger partial charge in [0.15, 0.2) is 0 Å². The summed E-state index contributed by atoms with van der Waals surface area (Å²) in [5, 5.41) is 1.12. The first-order chi connectivity index (χ1) is 7.66. The van der Waals surface area contributed by atoms with E-state index < -0.39 is 0 Å². The number of rotatable bonds is 2. The average Bonchev–Trinajstić information content (AvgIpc) is 2.25. The van der Waals surface area contributed by atoms with Gasteiger partial charge in [-0.05, 0) is 17.7 Å². The Balaban J connectivity index is 2.35. The van der Waals surface area contributed by atoms with Crippen molar-refractivity contribution in [3.8, 4) is 0 Å². The molecule has 0 amide bonds. The van der Waals surface area contributed by atoms with Gasteiger partial charge in [-0.3, -0.25) is 9.36 Å². The molecule has 0 fully saturated rings. The van der Waals surface area contributed by atoms with Crippen LogP contribution in [0.1, 0.15) is 5.56 Å². The Hall–Kier alpha value is -1.32. The van der Waals surface area contributed by atoms with Gasteiger partial charge in [0.2, 0.25) is 0 Å². The van der Waals surface area contributed by atoms with E-state index in [0.29, 0.717) is 16.6 Å². The van der Waals surface area contributed by atoms with E-state index >= 15 is 0 Å². The summed E-state index contributed by atoms with van der Waals surface area (Å²) in [6.07, 6.45) is 2.94. The van der Waals surface area contributed by atoms with Crippen LogP contribution in [0.3, 0.4) is 0 Å². The third-order valence-corrected chi connectivity index (χ3v) is 2.74. The van der Waals surface area contributed by atoms with Crippen molar-refractivity contribution in [1.29, 1.82) is 0 Å². The fourth-order valence-electron chi connectivity index (χ4n) is 1.33. The van der Waals surface area contributed by atoms with E-state index in [4.69, 9.17) is 23.2 Å². The maximum absolute atomic E-state index is 11.5. The molecular formula is C11H8Cl2N2O. The minimum absolute atomic E-state index is 0.110. The number of hydrogen-bond donors (Lipinski definition) is 0. The van der Waals surface area contributed by atoms with Crippen LogP contribution in [0.2, 0.25) is 10.0 Å². The molecule has 1 heterocycles. The predicted octanol–water partition coefficient (Wildman–Crippen LogP) is 2.60. The standard InChI is InChI=1S/C11H8Cl2N2O/c12-9-2-1-8(10(13)5-9)6-15-7-14-4-3-11(15)16/h1-5,7H,6H2. The first kappa shape index (κ1) is 11.2. The van der Waals surface area contributed by atoms with Gasteiger partial charge in [-0.2, -0.15) is 0 Å². The molecule has 16 heavy (non-hydrogen) atoms. The summed E-state index contributed by atoms with van der Waals surface area (Å²) in [5.41, 5.74) is 0.724. The first-order valence-electron chi connectivity index (χ1n) is 4.61. The minimum Gasteiger partial charge on any atom is -0.295 e. The van der Waals surface area contributed by atoms with Crippen LogP contribution in [0.4, 0.5) is 0 Å². The van der Waals surface area contributed by atoms with Gasteiger partial charge in [-0.15, -0.1) is 0 Å². The fourth-order valence-corrected chi connectivity index (χ4v) is 1.80. The van der Waals surface area contributed by atoms with Crippen molar-refractivity contribution in [2.24, 2.45) is 0 Å². The van der Waals surface area contributed by atoms with Gasteiger partial charge in [0, 0.05) is 22.3 Å². The van der Waals surface area contributed by atoms with Gasteiger partial charge >= 0.3 is 0 Å². The molecule has 0 unspecified atom stereocenters. The molecule has 0 spiro atoms. The Morgan fingerprint density at radius 1 is 1.25 bits per heavy atom. The second-order valence-corrected chi connectivity index (χ2v) is 4.13. The quantitative estimate of drug-likeness (QED) is 0.826. The molecule has 1 aromatic carbocycles. The van der Waals surface area contributed by atoms with Crippen LogP contribution in [-0.4, -0.2) is 9.55 Å². The molecule has 1 aromatic heterocycles. The number of halogens is 2. The SMILES string of the molecule is O=c1ccncn1Cc1ccc(Cl)cc1Cl. The lowest BCUT2D eigenvalue weighted by Crippen LogP contribution is -2.19. The molecule has 5 heteroatoms. The Morgan fingerprint density at radius 2 is 2.06 bits per heavy atom. The lowest BCUT2D eigenvalue weighted by Gasteiger charge is -2.06. The average molecular weight is 255 g/mol. The van der Waals surface area contributed by atoms with Crippen molar-refractivity contribution in [1.82, 2.24) is 9.55 Å². The number of nitrogens with zero attached hydrogens (tertiary/aromatic N) is 2. The summed E-state index contributed by atoms with van der Waals surface area (Å²) in [5.74, 6) is 0. The highest BCUT2D eigenvalue weighted by Gasteiger charge is 2.03. The molecule has 0 radical (unpaired) electrons. The van der Waals surface area contributed by atoms with E-state index in [2.05, 4.69) is 4.98 Å². The normalized spacial score (nSPS) is 10.4. The second kappa shape index (κ2) is 4.68. The third kappa shape index (κ3) is 2.43. The van der Waals surface area contributed by atoms with Crippen molar-refractivity contribution in [2.45, 2.75) is 6.54 Å². The molecule has 0 aliphatic rings. The molecule has 0 atom stereocenters. The van der Waals surface area contributed by atoms with Crippen molar-refractivity contribution in [3.63, 3.8) is 0 Å². The Morgan fingerprint density at radius 3 is 2.75 bits per heavy atom. The summed E-state index contributed by atoms with van der Waals surface area (Å²) in [6.45, 7) is 0.392. The molecule has 2 rings (SSSR count). The maximum atomic E-state index is 11.5. The van der Waals surface area contributed by atoms with E-state index in [0.717, 1.165) is 5.56 Å². The molecule has 0 aliphatic heterocycles. The molecule has 2 aromatic rings. The summed E-state index contributed by atoms with van der Waals surface area (Å²) in [4.78, 5) is 15.3. The number of aromatic nitrogens is 2. The van der Waals surface area contributed by atoms with Gasteiger partial charge in [0.1, 0.15) is 0 Å². The van der Waals surface area contributed by atoms with Gasteiger partial charge in [-0.1, -0.05) is 29.3 Å². The van der Waals surface area contributed by atoms with Gasteiger partial charge in [0.25, 0.3) is 5.56 Å². The summed E-state index contributed by atoms with van der Waals surface area (Å²) < 4.78 is 1.48. The molecule has 0 aliphatic carbocycles. The Kier molecular flexibility index (Phi) is 3.27. The Labute approximate surface area is 102 Å². The van der Waals surface area contributed by atoms with Gasteiger partial charge in [-0.25, -0.2) is 4.98 Å². The highest BCUT2D eigenvalue weighted by Crippen LogP contribution is 2.21. The molecule has 3 nitrogen and oxygen atoms in total. The fraction of sp³-hybridized carbons (Fsp3) is 0.0909. The predicted molar refractivity (Wildman–Crippen MR) is 64.1 cm³/mol. The zero-order chi connectivity index (χ0) is 11.5. The first-order valence-corrected chi connectivity index (χ1v) is 5.37. The van der Waals surface area contributed by atoms with Crippen LogP contribution in [0, 0.1) is 0 Å². The number of hydrogen-bond acceptors (Lipinski definition) is 2. The van der Waals surface area contributed by atoms with Crippen LogP contribution in [-0.2, 0) is 6.54 Å². The monoisotopic (exact) mass is 254 g/mol. The lowest BCUT2D eigenvalue weighted by atomic mass is 10.2. The smallest absolute Gasteiger partial charge is 0.253 e. The molecule has 0 N–H and O–H groups in total. The van der Waals surface area contributed by atoms with Crippen molar-refractivity contribution < 1.29 is 0 Å². The van der Waals surface area contributed by atoms with Crippen molar-refractivity contribution in [3.05, 3.63) is 62.8 Å². The van der Waals surface area contributed by atoms with Crippen molar-refractivity contribution >= 4 is 23.2 Å². The van der Waals surface area contributed by atoms with E-state index in [1.165, 1.54) is 23.2 Å². The molecular weight excluding hydrogens is 247 g/mol. The van der Waals surface area contributed by atoms with Crippen LogP contribution < -0.4 is 5.56 Å². The Bertz CT molecular complexity index is 566. The zero-order valence-electron chi connectivity index (χ0n) is 8.23. The van der Waals surface area contributed by atoms with E-state index in [-0.39, 0.29) is 5.56 Å². The molecule has 0 saturated carbocycles. The second-order valence-electron chi connectivity index (χ2n) is 3.28. The largest absolute Gasteiger partial charge is 0.295 e. The van der Waals surface area contributed by atoms with Crippen LogP contribution in [0.25, 0.3) is 0 Å². The zero-order valence-corrected chi connectivity index (χ0v) is 9.74. The van der Waals surface area contributed by atoms with Gasteiger partial charge in [0.05, 0.1) is 12.9 Å². The van der Waals surface area contributed by atoms with Crippen LogP contribution >= 0.6 is 23.2 Å². The molecule has 0 bridgehead atoms. The van der Waals surface area contributed by atoms with E-state index in [1.54, 1.807) is 18.2 Å². The molecule has 0 saturated heterocycles. The summed E-state index contributed by atoms with van der Waals surface area (Å²) in [7, 11) is 0. The lowest BCUT2D eigenvalue weighted by molar-refractivity contribution is 0.736. The highest BCUT2D eigenvalue weighted by molar-refractivity contribution is 6.35. The highest BCUT2D eigenvalue weighted by atomic mass is 35.5. The van der Waals surface area contributed by atoms with Crippen molar-refractivity contribution in [2.75, 3.05) is 0 Å². The van der Waals surface area contributed by atoms with E-state index in [1.807, 2.05) is 0 Å². The van der Waals surface area contributed by atoms with Crippen LogP contribution in [0.15, 0.2) is 41.6 Å². The van der Waals surface area contributed by atoms with Gasteiger partial charge < -0.3 is 0 Å². The third-order valence-electron chi connectivity index (χ3n) is 2.15. The maximum Gasteiger partial charge on any atom is 0.253 e. The van der Waals surface area contributed by atoms with E-state index in [9.17, 15) is 4.79 Å². The summed E-state index contributed by atoms with van der Waals surface area (Å²) in [6, 6.07) is 6.60. The molecule has 82 valence electrons. The minimum atomic E-state index is -0.110. The topological polar surface area (TPSA) is 34.9 Å². The van der Waals surface area contributed by atoms with Crippen LogP contribution in [0.5, 0.6) is 0 Å². The number of benzene rings is 1. The summed E-state index contributed by atoms with van der Waals surface area (Å²) >= 11 is 11.8.